The molecule has 7 nitrogen and oxygen atoms in total. The minimum atomic E-state index is -1.41. The van der Waals surface area contributed by atoms with Crippen molar-refractivity contribution in [3.05, 3.63) is 0 Å². The van der Waals surface area contributed by atoms with Crippen LogP contribution in [-0.4, -0.2) is 80.8 Å². The first-order chi connectivity index (χ1) is 8.96. The van der Waals surface area contributed by atoms with Crippen molar-refractivity contribution in [1.29, 1.82) is 0 Å². The first-order valence-electron chi connectivity index (χ1n) is 6.32. The zero-order valence-corrected chi connectivity index (χ0v) is 11.9. The number of hydrogen-bond donors (Lipinski definition) is 5. The highest BCUT2D eigenvalue weighted by atomic mass is 32.1. The van der Waals surface area contributed by atoms with E-state index in [9.17, 15) is 15.3 Å². The number of hydrogen-bond acceptors (Lipinski definition) is 6. The average Bonchev–Trinajstić information content (AvgIpc) is 2.67. The van der Waals surface area contributed by atoms with E-state index in [4.69, 9.17) is 22.1 Å². The highest BCUT2D eigenvalue weighted by Gasteiger charge is 2.46. The summed E-state index contributed by atoms with van der Waals surface area (Å²) in [6, 6.07) is -0.773. The molecule has 1 rings (SSSR count). The number of nitrogens with zero attached hydrogens (tertiary/aromatic N) is 1. The Bertz CT molecular complexity index is 303. The first kappa shape index (κ1) is 16.5. The van der Waals surface area contributed by atoms with Crippen LogP contribution in [0.3, 0.4) is 0 Å². The molecular formula is C11H22N2O5S. The van der Waals surface area contributed by atoms with Gasteiger partial charge in [-0.1, -0.05) is 0 Å². The number of nitrogens with one attached hydrogen (secondary N) is 1. The van der Waals surface area contributed by atoms with Crippen molar-refractivity contribution < 1.29 is 25.2 Å². The Morgan fingerprint density at radius 2 is 1.95 bits per heavy atom. The van der Waals surface area contributed by atoms with Gasteiger partial charge < -0.3 is 35.4 Å². The van der Waals surface area contributed by atoms with Gasteiger partial charge in [0.1, 0.15) is 18.3 Å². The molecule has 0 saturated carbocycles. The van der Waals surface area contributed by atoms with Crippen molar-refractivity contribution in [1.82, 2.24) is 10.2 Å². The van der Waals surface area contributed by atoms with Gasteiger partial charge >= 0.3 is 0 Å². The molecule has 1 aliphatic heterocycles. The van der Waals surface area contributed by atoms with Crippen LogP contribution in [0.25, 0.3) is 0 Å². The molecule has 0 radical (unpaired) electrons. The highest BCUT2D eigenvalue weighted by molar-refractivity contribution is 7.80. The van der Waals surface area contributed by atoms with Gasteiger partial charge in [0.15, 0.2) is 11.4 Å². The molecule has 1 aliphatic rings. The summed E-state index contributed by atoms with van der Waals surface area (Å²) < 4.78 is 5.04. The molecule has 0 aromatic heterocycles. The second-order valence-electron chi connectivity index (χ2n) is 4.38. The summed E-state index contributed by atoms with van der Waals surface area (Å²) in [5.74, 6) is 0. The summed E-state index contributed by atoms with van der Waals surface area (Å²) in [5.41, 5.74) is 0. The Morgan fingerprint density at radius 3 is 2.42 bits per heavy atom. The van der Waals surface area contributed by atoms with Crippen molar-refractivity contribution in [3.8, 4) is 0 Å². The van der Waals surface area contributed by atoms with Crippen molar-refractivity contribution in [2.45, 2.75) is 44.5 Å². The lowest BCUT2D eigenvalue weighted by Gasteiger charge is -2.29. The normalized spacial score (nSPS) is 32.1. The molecule has 0 aromatic carbocycles. The molecule has 1 heterocycles. The standard InChI is InChI=1S/C11H22N2O5S/c1-3-13(4-2)11(19)12-7-8(16)10(17)18-9(7)6(15)5-14/h6-10,14-17H,3-5H2,1-2H3,(H,12,19)/t6-,7+,8-,9-,10+/m1/s1. The molecular weight excluding hydrogens is 272 g/mol. The van der Waals surface area contributed by atoms with Gasteiger partial charge in [-0.15, -0.1) is 0 Å². The molecule has 0 bridgehead atoms. The summed E-state index contributed by atoms with van der Waals surface area (Å²) in [5, 5.41) is 41.2. The Kier molecular flexibility index (Phi) is 6.37. The zero-order chi connectivity index (χ0) is 14.6. The summed E-state index contributed by atoms with van der Waals surface area (Å²) in [7, 11) is 0. The second kappa shape index (κ2) is 7.32. The van der Waals surface area contributed by atoms with Gasteiger partial charge in [0.25, 0.3) is 0 Å². The number of thiocarbonyl (C=S) groups is 1. The van der Waals surface area contributed by atoms with Gasteiger partial charge in [-0.3, -0.25) is 0 Å². The number of aliphatic hydroxyl groups is 4. The van der Waals surface area contributed by atoms with E-state index in [1.807, 2.05) is 18.7 Å². The van der Waals surface area contributed by atoms with Crippen molar-refractivity contribution >= 4 is 17.3 Å². The van der Waals surface area contributed by atoms with Crippen LogP contribution in [0.15, 0.2) is 0 Å². The Morgan fingerprint density at radius 1 is 1.37 bits per heavy atom. The van der Waals surface area contributed by atoms with E-state index in [-0.39, 0.29) is 0 Å². The van der Waals surface area contributed by atoms with Crippen LogP contribution in [0.5, 0.6) is 0 Å². The monoisotopic (exact) mass is 294 g/mol. The van der Waals surface area contributed by atoms with Gasteiger partial charge in [0.2, 0.25) is 0 Å². The fraction of sp³-hybridized carbons (Fsp3) is 0.909. The molecule has 1 saturated heterocycles. The van der Waals surface area contributed by atoms with E-state index in [1.54, 1.807) is 0 Å². The van der Waals surface area contributed by atoms with E-state index in [2.05, 4.69) is 5.32 Å². The van der Waals surface area contributed by atoms with Crippen LogP contribution in [0.2, 0.25) is 0 Å². The summed E-state index contributed by atoms with van der Waals surface area (Å²) in [4.78, 5) is 1.86. The Hall–Kier alpha value is -0.510. The van der Waals surface area contributed by atoms with Gasteiger partial charge in [0, 0.05) is 13.1 Å². The fourth-order valence-corrected chi connectivity index (χ4v) is 2.44. The third kappa shape index (κ3) is 3.74. The fourth-order valence-electron chi connectivity index (χ4n) is 2.04. The molecule has 1 fully saturated rings. The molecule has 0 aromatic rings. The topological polar surface area (TPSA) is 105 Å². The lowest BCUT2D eigenvalue weighted by Crippen LogP contribution is -2.55. The van der Waals surface area contributed by atoms with Gasteiger partial charge in [-0.05, 0) is 26.1 Å². The van der Waals surface area contributed by atoms with Crippen LogP contribution in [0, 0.1) is 0 Å². The van der Waals surface area contributed by atoms with Crippen LogP contribution >= 0.6 is 12.2 Å². The molecule has 0 unspecified atom stereocenters. The molecule has 8 heteroatoms. The molecule has 0 aliphatic carbocycles. The lowest BCUT2D eigenvalue weighted by molar-refractivity contribution is -0.149. The summed E-state index contributed by atoms with van der Waals surface area (Å²) in [6.45, 7) is 4.74. The largest absolute Gasteiger partial charge is 0.394 e. The zero-order valence-electron chi connectivity index (χ0n) is 11.1. The Balaban J connectivity index is 2.74. The van der Waals surface area contributed by atoms with Crippen LogP contribution in [-0.2, 0) is 4.74 Å². The molecule has 0 spiro atoms. The minimum Gasteiger partial charge on any atom is -0.394 e. The molecule has 5 atom stereocenters. The maximum atomic E-state index is 9.84. The van der Waals surface area contributed by atoms with Gasteiger partial charge in [-0.2, -0.15) is 0 Å². The van der Waals surface area contributed by atoms with Crippen molar-refractivity contribution in [3.63, 3.8) is 0 Å². The van der Waals surface area contributed by atoms with E-state index in [0.717, 1.165) is 0 Å². The predicted molar refractivity (Wildman–Crippen MR) is 72.4 cm³/mol. The summed E-state index contributed by atoms with van der Waals surface area (Å²) >= 11 is 5.20. The quantitative estimate of drug-likeness (QED) is 0.371. The molecule has 5 N–H and O–H groups in total. The number of rotatable bonds is 5. The minimum absolute atomic E-state index is 0.405. The van der Waals surface area contributed by atoms with Gasteiger partial charge in [-0.25, -0.2) is 0 Å². The third-order valence-electron chi connectivity index (χ3n) is 3.22. The van der Waals surface area contributed by atoms with Gasteiger partial charge in [0.05, 0.1) is 12.6 Å². The second-order valence-corrected chi connectivity index (χ2v) is 4.77. The molecule has 0 amide bonds. The van der Waals surface area contributed by atoms with E-state index in [0.29, 0.717) is 18.2 Å². The number of ether oxygens (including phenoxy) is 1. The maximum absolute atomic E-state index is 9.84. The van der Waals surface area contributed by atoms with Crippen molar-refractivity contribution in [2.24, 2.45) is 0 Å². The van der Waals surface area contributed by atoms with E-state index < -0.39 is 37.3 Å². The van der Waals surface area contributed by atoms with Crippen LogP contribution < -0.4 is 5.32 Å². The number of aliphatic hydroxyl groups excluding tert-OH is 4. The first-order valence-corrected chi connectivity index (χ1v) is 6.73. The Labute approximate surface area is 117 Å². The van der Waals surface area contributed by atoms with E-state index in [1.165, 1.54) is 0 Å². The van der Waals surface area contributed by atoms with Crippen molar-refractivity contribution in [2.75, 3.05) is 19.7 Å². The predicted octanol–water partition coefficient (Wildman–Crippen LogP) is -2.00. The van der Waals surface area contributed by atoms with E-state index >= 15 is 0 Å². The average molecular weight is 294 g/mol. The molecule has 112 valence electrons. The highest BCUT2D eigenvalue weighted by Crippen LogP contribution is 2.22. The smallest absolute Gasteiger partial charge is 0.183 e. The van der Waals surface area contributed by atoms with Crippen LogP contribution in [0.1, 0.15) is 13.8 Å². The maximum Gasteiger partial charge on any atom is 0.183 e. The van der Waals surface area contributed by atoms with Crippen LogP contribution in [0.4, 0.5) is 0 Å². The lowest BCUT2D eigenvalue weighted by atomic mass is 10.0. The summed E-state index contributed by atoms with van der Waals surface area (Å²) in [6.07, 6.45) is -4.77. The SMILES string of the molecule is CCN(CC)C(=S)N[C@H]1[C@@H](O)[C@@H](O)O[C@@H]1[C@H](O)CO. The third-order valence-corrected chi connectivity index (χ3v) is 3.59. The molecule has 19 heavy (non-hydrogen) atoms.